The van der Waals surface area contributed by atoms with Crippen molar-refractivity contribution >= 4 is 11.7 Å². The van der Waals surface area contributed by atoms with Gasteiger partial charge in [-0.2, -0.15) is 5.10 Å². The molecular formula is C6H9N3O2. The summed E-state index contributed by atoms with van der Waals surface area (Å²) in [5.74, 6) is -0.521. The molecule has 1 aromatic heterocycles. The largest absolute Gasteiger partial charge is 0.464 e. The van der Waals surface area contributed by atoms with E-state index >= 15 is 0 Å². The Morgan fingerprint density at radius 2 is 2.36 bits per heavy atom. The van der Waals surface area contributed by atoms with E-state index in [9.17, 15) is 4.79 Å². The summed E-state index contributed by atoms with van der Waals surface area (Å²) in [5.41, 5.74) is 6.64. The van der Waals surface area contributed by atoms with E-state index in [2.05, 4.69) is 14.9 Å². The highest BCUT2D eigenvalue weighted by Gasteiger charge is 2.14. The number of carbonyl (C=O) groups excluding carboxylic acids is 1. The maximum absolute atomic E-state index is 10.9. The van der Waals surface area contributed by atoms with E-state index in [1.165, 1.54) is 7.11 Å². The van der Waals surface area contributed by atoms with Crippen molar-refractivity contribution in [3.05, 3.63) is 11.4 Å². The normalized spacial score (nSPS) is 9.64. The first-order valence-electron chi connectivity index (χ1n) is 3.05. The molecule has 0 fully saturated rings. The van der Waals surface area contributed by atoms with Gasteiger partial charge in [-0.1, -0.05) is 0 Å². The Balaban J connectivity index is 3.04. The Kier molecular flexibility index (Phi) is 1.80. The molecule has 0 saturated carbocycles. The molecule has 5 nitrogen and oxygen atoms in total. The number of aromatic amines is 1. The quantitative estimate of drug-likeness (QED) is 0.563. The molecule has 0 aliphatic heterocycles. The maximum Gasteiger partial charge on any atom is 0.360 e. The fourth-order valence-electron chi connectivity index (χ4n) is 0.690. The van der Waals surface area contributed by atoms with Crippen LogP contribution in [-0.2, 0) is 4.74 Å². The predicted molar refractivity (Wildman–Crippen MR) is 39.1 cm³/mol. The summed E-state index contributed by atoms with van der Waals surface area (Å²) in [7, 11) is 1.28. The lowest BCUT2D eigenvalue weighted by atomic mass is 10.3. The number of nitrogens with one attached hydrogen (secondary N) is 1. The van der Waals surface area contributed by atoms with E-state index in [0.29, 0.717) is 11.4 Å². The predicted octanol–water partition coefficient (Wildman–Crippen LogP) is 0.0869. The first kappa shape index (κ1) is 7.59. The van der Waals surface area contributed by atoms with Crippen molar-refractivity contribution in [3.8, 4) is 0 Å². The van der Waals surface area contributed by atoms with Crippen molar-refractivity contribution in [3.63, 3.8) is 0 Å². The zero-order valence-electron chi connectivity index (χ0n) is 6.34. The van der Waals surface area contributed by atoms with Crippen LogP contribution in [0, 0.1) is 6.92 Å². The van der Waals surface area contributed by atoms with Crippen LogP contribution in [0.2, 0.25) is 0 Å². The molecular weight excluding hydrogens is 146 g/mol. The summed E-state index contributed by atoms with van der Waals surface area (Å²) in [6.45, 7) is 1.73. The van der Waals surface area contributed by atoms with Gasteiger partial charge in [0.1, 0.15) is 0 Å². The molecule has 0 saturated heterocycles. The summed E-state index contributed by atoms with van der Waals surface area (Å²) in [5, 5.41) is 6.24. The number of anilines is 1. The molecule has 3 N–H and O–H groups in total. The van der Waals surface area contributed by atoms with Crippen LogP contribution in [0.15, 0.2) is 0 Å². The van der Waals surface area contributed by atoms with Crippen molar-refractivity contribution in [2.75, 3.05) is 12.8 Å². The second kappa shape index (κ2) is 2.61. The Labute approximate surface area is 63.5 Å². The van der Waals surface area contributed by atoms with Crippen molar-refractivity contribution in [2.24, 2.45) is 0 Å². The number of aryl methyl sites for hydroxylation is 1. The van der Waals surface area contributed by atoms with Gasteiger partial charge in [-0.15, -0.1) is 0 Å². The average Bonchev–Trinajstić information content (AvgIpc) is 2.32. The third-order valence-corrected chi connectivity index (χ3v) is 1.37. The summed E-state index contributed by atoms with van der Waals surface area (Å²) in [4.78, 5) is 10.9. The van der Waals surface area contributed by atoms with Gasteiger partial charge in [0.15, 0.2) is 5.69 Å². The molecule has 1 rings (SSSR count). The van der Waals surface area contributed by atoms with E-state index in [1.807, 2.05) is 0 Å². The molecule has 1 heterocycles. The standard InChI is InChI=1S/C6H9N3O2/c1-3-4(7)5(9-8-3)6(10)11-2/h7H2,1-2H3,(H,8,9). The number of methoxy groups -OCH3 is 1. The fraction of sp³-hybridized carbons (Fsp3) is 0.333. The Hall–Kier alpha value is -1.52. The first-order valence-corrected chi connectivity index (χ1v) is 3.05. The first-order chi connectivity index (χ1) is 5.16. The Morgan fingerprint density at radius 1 is 1.73 bits per heavy atom. The second-order valence-corrected chi connectivity index (χ2v) is 2.10. The molecule has 0 radical (unpaired) electrons. The van der Waals surface area contributed by atoms with Crippen LogP contribution in [0.3, 0.4) is 0 Å². The second-order valence-electron chi connectivity index (χ2n) is 2.10. The van der Waals surface area contributed by atoms with Crippen LogP contribution in [0.4, 0.5) is 5.69 Å². The monoisotopic (exact) mass is 155 g/mol. The van der Waals surface area contributed by atoms with Gasteiger partial charge in [0.05, 0.1) is 18.5 Å². The molecule has 0 aliphatic rings. The summed E-state index contributed by atoms with van der Waals surface area (Å²) >= 11 is 0. The van der Waals surface area contributed by atoms with E-state index in [4.69, 9.17) is 5.73 Å². The number of ether oxygens (including phenoxy) is 1. The van der Waals surface area contributed by atoms with Gasteiger partial charge < -0.3 is 10.5 Å². The zero-order valence-corrected chi connectivity index (χ0v) is 6.34. The number of hydrogen-bond donors (Lipinski definition) is 2. The number of esters is 1. The molecule has 1 aromatic rings. The zero-order chi connectivity index (χ0) is 8.43. The number of aromatic nitrogens is 2. The lowest BCUT2D eigenvalue weighted by Crippen LogP contribution is -2.04. The van der Waals surface area contributed by atoms with Crippen LogP contribution in [0.25, 0.3) is 0 Å². The minimum Gasteiger partial charge on any atom is -0.464 e. The molecule has 60 valence electrons. The lowest BCUT2D eigenvalue weighted by molar-refractivity contribution is 0.0595. The highest BCUT2D eigenvalue weighted by Crippen LogP contribution is 2.12. The van der Waals surface area contributed by atoms with Gasteiger partial charge in [0, 0.05) is 0 Å². The van der Waals surface area contributed by atoms with Crippen molar-refractivity contribution in [1.29, 1.82) is 0 Å². The third kappa shape index (κ3) is 1.17. The summed E-state index contributed by atoms with van der Waals surface area (Å²) in [6, 6.07) is 0. The van der Waals surface area contributed by atoms with E-state index in [0.717, 1.165) is 0 Å². The fourth-order valence-corrected chi connectivity index (χ4v) is 0.690. The van der Waals surface area contributed by atoms with Crippen molar-refractivity contribution in [2.45, 2.75) is 6.92 Å². The van der Waals surface area contributed by atoms with Gasteiger partial charge in [0.2, 0.25) is 0 Å². The minimum absolute atomic E-state index is 0.144. The smallest absolute Gasteiger partial charge is 0.360 e. The molecule has 0 bridgehead atoms. The maximum atomic E-state index is 10.9. The van der Waals surface area contributed by atoms with E-state index < -0.39 is 5.97 Å². The van der Waals surface area contributed by atoms with Crippen LogP contribution < -0.4 is 5.73 Å². The van der Waals surface area contributed by atoms with Gasteiger partial charge in [-0.3, -0.25) is 5.10 Å². The van der Waals surface area contributed by atoms with E-state index in [1.54, 1.807) is 6.92 Å². The highest BCUT2D eigenvalue weighted by atomic mass is 16.5. The van der Waals surface area contributed by atoms with Gasteiger partial charge in [-0.25, -0.2) is 4.79 Å². The lowest BCUT2D eigenvalue weighted by Gasteiger charge is -1.93. The average molecular weight is 155 g/mol. The summed E-state index contributed by atoms with van der Waals surface area (Å²) < 4.78 is 4.43. The van der Waals surface area contributed by atoms with Gasteiger partial charge >= 0.3 is 5.97 Å². The Morgan fingerprint density at radius 3 is 2.73 bits per heavy atom. The molecule has 0 aliphatic carbocycles. The molecule has 0 spiro atoms. The number of H-pyrrole nitrogens is 1. The van der Waals surface area contributed by atoms with Crippen LogP contribution in [0.1, 0.15) is 16.2 Å². The number of hydrogen-bond acceptors (Lipinski definition) is 4. The molecule has 0 aromatic carbocycles. The number of nitrogen functional groups attached to an aromatic ring is 1. The van der Waals surface area contributed by atoms with Crippen LogP contribution in [0.5, 0.6) is 0 Å². The molecule has 0 amide bonds. The minimum atomic E-state index is -0.521. The van der Waals surface area contributed by atoms with Crippen LogP contribution >= 0.6 is 0 Å². The molecule has 0 unspecified atom stereocenters. The number of rotatable bonds is 1. The van der Waals surface area contributed by atoms with Crippen molar-refractivity contribution in [1.82, 2.24) is 10.2 Å². The SMILES string of the molecule is COC(=O)c1n[nH]c(C)c1N. The molecule has 5 heteroatoms. The topological polar surface area (TPSA) is 81.0 Å². The number of nitrogens with two attached hydrogens (primary N) is 1. The Bertz CT molecular complexity index is 279. The third-order valence-electron chi connectivity index (χ3n) is 1.37. The number of nitrogens with zero attached hydrogens (tertiary/aromatic N) is 1. The summed E-state index contributed by atoms with van der Waals surface area (Å²) in [6.07, 6.45) is 0. The van der Waals surface area contributed by atoms with E-state index in [-0.39, 0.29) is 5.69 Å². The molecule has 11 heavy (non-hydrogen) atoms. The van der Waals surface area contributed by atoms with Gasteiger partial charge in [0.25, 0.3) is 0 Å². The molecule has 0 atom stereocenters. The number of carbonyl (C=O) groups is 1. The van der Waals surface area contributed by atoms with Gasteiger partial charge in [-0.05, 0) is 6.92 Å². The van der Waals surface area contributed by atoms with Crippen LogP contribution in [-0.4, -0.2) is 23.3 Å². The highest BCUT2D eigenvalue weighted by molar-refractivity contribution is 5.93. The van der Waals surface area contributed by atoms with Crippen molar-refractivity contribution < 1.29 is 9.53 Å².